The summed E-state index contributed by atoms with van der Waals surface area (Å²) in [6, 6.07) is 14.1. The highest BCUT2D eigenvalue weighted by Crippen LogP contribution is 2.29. The molecule has 30 heavy (non-hydrogen) atoms. The minimum Gasteiger partial charge on any atom is -0.350 e. The molecule has 0 aliphatic heterocycles. The molecular weight excluding hydrogens is 414 g/mol. The van der Waals surface area contributed by atoms with Gasteiger partial charge in [-0.05, 0) is 49.1 Å². The number of hydrogen-bond acceptors (Lipinski definition) is 6. The van der Waals surface area contributed by atoms with Crippen molar-refractivity contribution in [2.24, 2.45) is 0 Å². The summed E-state index contributed by atoms with van der Waals surface area (Å²) in [5, 5.41) is 14.5. The van der Waals surface area contributed by atoms with E-state index in [1.54, 1.807) is 23.7 Å². The predicted molar refractivity (Wildman–Crippen MR) is 121 cm³/mol. The van der Waals surface area contributed by atoms with Gasteiger partial charge in [-0.1, -0.05) is 35.5 Å². The molecule has 0 saturated heterocycles. The molecule has 0 aliphatic rings. The van der Waals surface area contributed by atoms with Crippen LogP contribution < -0.4 is 5.32 Å². The molecule has 0 radical (unpaired) electrons. The number of carbonyl (C=O) groups is 1. The van der Waals surface area contributed by atoms with Gasteiger partial charge in [0.15, 0.2) is 11.0 Å². The van der Waals surface area contributed by atoms with Gasteiger partial charge in [-0.25, -0.2) is 0 Å². The van der Waals surface area contributed by atoms with Gasteiger partial charge in [0.1, 0.15) is 0 Å². The third kappa shape index (κ3) is 4.60. The Balaban J connectivity index is 1.59. The van der Waals surface area contributed by atoms with Crippen LogP contribution in [-0.4, -0.2) is 31.4 Å². The van der Waals surface area contributed by atoms with Crippen LogP contribution in [0.15, 0.2) is 65.4 Å². The SMILES string of the molecule is Cc1ccc(-n2c(SCC(=O)NCc3cccs3)nnc2-c2ccncc2)c(C)c1. The molecule has 152 valence electrons. The van der Waals surface area contributed by atoms with Crippen molar-refractivity contribution >= 4 is 29.0 Å². The number of nitrogens with zero attached hydrogens (tertiary/aromatic N) is 4. The zero-order valence-corrected chi connectivity index (χ0v) is 18.3. The lowest BCUT2D eigenvalue weighted by Gasteiger charge is -2.13. The summed E-state index contributed by atoms with van der Waals surface area (Å²) in [7, 11) is 0. The van der Waals surface area contributed by atoms with Crippen molar-refractivity contribution in [1.82, 2.24) is 25.1 Å². The van der Waals surface area contributed by atoms with E-state index in [-0.39, 0.29) is 11.7 Å². The van der Waals surface area contributed by atoms with Gasteiger partial charge < -0.3 is 5.32 Å². The third-order valence-electron chi connectivity index (χ3n) is 4.54. The van der Waals surface area contributed by atoms with Crippen molar-refractivity contribution < 1.29 is 4.79 Å². The number of nitrogens with one attached hydrogen (secondary N) is 1. The quantitative estimate of drug-likeness (QED) is 0.435. The average molecular weight is 436 g/mol. The zero-order valence-electron chi connectivity index (χ0n) is 16.7. The molecule has 0 saturated carbocycles. The molecule has 4 rings (SSSR count). The van der Waals surface area contributed by atoms with E-state index in [1.165, 1.54) is 17.3 Å². The van der Waals surface area contributed by atoms with Crippen molar-refractivity contribution in [3.63, 3.8) is 0 Å². The lowest BCUT2D eigenvalue weighted by atomic mass is 10.1. The number of aromatic nitrogens is 4. The van der Waals surface area contributed by atoms with Gasteiger partial charge in [0.2, 0.25) is 5.91 Å². The number of pyridine rings is 1. The molecule has 4 aromatic rings. The largest absolute Gasteiger partial charge is 0.350 e. The third-order valence-corrected chi connectivity index (χ3v) is 6.34. The van der Waals surface area contributed by atoms with Crippen LogP contribution >= 0.6 is 23.1 Å². The minimum absolute atomic E-state index is 0.0333. The number of carbonyl (C=O) groups excluding carboxylic acids is 1. The average Bonchev–Trinajstić information content (AvgIpc) is 3.41. The summed E-state index contributed by atoms with van der Waals surface area (Å²) in [6.45, 7) is 4.68. The van der Waals surface area contributed by atoms with E-state index >= 15 is 0 Å². The summed E-state index contributed by atoms with van der Waals surface area (Å²) < 4.78 is 2.02. The normalized spacial score (nSPS) is 10.9. The first kappa shape index (κ1) is 20.3. The van der Waals surface area contributed by atoms with E-state index in [1.807, 2.05) is 34.2 Å². The van der Waals surface area contributed by atoms with Crippen molar-refractivity contribution in [2.45, 2.75) is 25.5 Å². The molecule has 0 fully saturated rings. The first-order valence-electron chi connectivity index (χ1n) is 9.47. The smallest absolute Gasteiger partial charge is 0.230 e. The summed E-state index contributed by atoms with van der Waals surface area (Å²) in [4.78, 5) is 17.6. The Kier molecular flexibility index (Phi) is 6.25. The molecule has 0 aliphatic carbocycles. The van der Waals surface area contributed by atoms with Gasteiger partial charge in [-0.3, -0.25) is 14.3 Å². The van der Waals surface area contributed by atoms with Crippen LogP contribution in [0.3, 0.4) is 0 Å². The maximum atomic E-state index is 12.4. The summed E-state index contributed by atoms with van der Waals surface area (Å²) >= 11 is 3.01. The summed E-state index contributed by atoms with van der Waals surface area (Å²) in [5.74, 6) is 0.963. The fourth-order valence-electron chi connectivity index (χ4n) is 3.10. The first-order chi connectivity index (χ1) is 14.6. The predicted octanol–water partition coefficient (Wildman–Crippen LogP) is 4.42. The van der Waals surface area contributed by atoms with Crippen LogP contribution in [0.2, 0.25) is 0 Å². The molecule has 0 unspecified atom stereocenters. The molecule has 0 spiro atoms. The van der Waals surface area contributed by atoms with Gasteiger partial charge in [0, 0.05) is 22.8 Å². The Bertz CT molecular complexity index is 1140. The van der Waals surface area contributed by atoms with Crippen LogP contribution in [0.5, 0.6) is 0 Å². The molecule has 6 nitrogen and oxygen atoms in total. The number of hydrogen-bond donors (Lipinski definition) is 1. The van der Waals surface area contributed by atoms with Crippen LogP contribution in [0.4, 0.5) is 0 Å². The summed E-state index contributed by atoms with van der Waals surface area (Å²) in [6.07, 6.45) is 3.47. The van der Waals surface area contributed by atoms with Crippen molar-refractivity contribution in [1.29, 1.82) is 0 Å². The van der Waals surface area contributed by atoms with Crippen molar-refractivity contribution in [3.8, 4) is 17.1 Å². The first-order valence-corrected chi connectivity index (χ1v) is 11.3. The highest BCUT2D eigenvalue weighted by molar-refractivity contribution is 7.99. The Hall–Kier alpha value is -2.97. The molecule has 8 heteroatoms. The maximum absolute atomic E-state index is 12.4. The van der Waals surface area contributed by atoms with E-state index in [0.717, 1.165) is 27.5 Å². The van der Waals surface area contributed by atoms with Gasteiger partial charge in [0.25, 0.3) is 0 Å². The van der Waals surface area contributed by atoms with Crippen LogP contribution in [0, 0.1) is 13.8 Å². The van der Waals surface area contributed by atoms with E-state index in [4.69, 9.17) is 0 Å². The second-order valence-corrected chi connectivity index (χ2v) is 8.79. The standard InChI is InChI=1S/C22H21N5OS2/c1-15-5-6-19(16(2)12-15)27-21(17-7-9-23-10-8-17)25-26-22(27)30-14-20(28)24-13-18-4-3-11-29-18/h3-12H,13-14H2,1-2H3,(H,24,28). The van der Waals surface area contributed by atoms with Crippen LogP contribution in [0.1, 0.15) is 16.0 Å². The van der Waals surface area contributed by atoms with Crippen molar-refractivity contribution in [3.05, 3.63) is 76.2 Å². The molecule has 1 amide bonds. The number of benzene rings is 1. The Morgan fingerprint density at radius 1 is 1.13 bits per heavy atom. The Morgan fingerprint density at radius 2 is 1.97 bits per heavy atom. The second kappa shape index (κ2) is 9.23. The monoisotopic (exact) mass is 435 g/mol. The minimum atomic E-state index is -0.0333. The number of thiophene rings is 1. The van der Waals surface area contributed by atoms with Crippen molar-refractivity contribution in [2.75, 3.05) is 5.75 Å². The zero-order chi connectivity index (χ0) is 20.9. The Labute approximate surface area is 183 Å². The van der Waals surface area contributed by atoms with E-state index < -0.39 is 0 Å². The molecule has 1 aromatic carbocycles. The fraction of sp³-hybridized carbons (Fsp3) is 0.182. The van der Waals surface area contributed by atoms with E-state index in [2.05, 4.69) is 52.5 Å². The van der Waals surface area contributed by atoms with E-state index in [0.29, 0.717) is 11.7 Å². The molecular formula is C22H21N5OS2. The fourth-order valence-corrected chi connectivity index (χ4v) is 4.52. The van der Waals surface area contributed by atoms with E-state index in [9.17, 15) is 4.79 Å². The van der Waals surface area contributed by atoms with Gasteiger partial charge >= 0.3 is 0 Å². The van der Waals surface area contributed by atoms with Gasteiger partial charge in [-0.15, -0.1) is 21.5 Å². The van der Waals surface area contributed by atoms with Crippen LogP contribution in [0.25, 0.3) is 17.1 Å². The summed E-state index contributed by atoms with van der Waals surface area (Å²) in [5.41, 5.74) is 4.23. The Morgan fingerprint density at radius 3 is 2.70 bits per heavy atom. The number of aryl methyl sites for hydroxylation is 2. The molecule has 3 aromatic heterocycles. The number of rotatable bonds is 7. The highest BCUT2D eigenvalue weighted by Gasteiger charge is 2.18. The maximum Gasteiger partial charge on any atom is 0.230 e. The lowest BCUT2D eigenvalue weighted by molar-refractivity contribution is -0.118. The van der Waals surface area contributed by atoms with Gasteiger partial charge in [0.05, 0.1) is 18.0 Å². The molecule has 0 atom stereocenters. The van der Waals surface area contributed by atoms with Crippen LogP contribution in [-0.2, 0) is 11.3 Å². The highest BCUT2D eigenvalue weighted by atomic mass is 32.2. The topological polar surface area (TPSA) is 72.7 Å². The molecule has 3 heterocycles. The van der Waals surface area contributed by atoms with Gasteiger partial charge in [-0.2, -0.15) is 0 Å². The molecule has 1 N–H and O–H groups in total. The molecule has 0 bridgehead atoms. The lowest BCUT2D eigenvalue weighted by Crippen LogP contribution is -2.24. The number of amides is 1. The second-order valence-electron chi connectivity index (χ2n) is 6.81. The number of thioether (sulfide) groups is 1.